The first-order chi connectivity index (χ1) is 7.18. The first kappa shape index (κ1) is 10.2. The zero-order chi connectivity index (χ0) is 10.8. The second-order valence-corrected chi connectivity index (χ2v) is 4.13. The Bertz CT molecular complexity index is 464. The molecule has 1 atom stereocenters. The summed E-state index contributed by atoms with van der Waals surface area (Å²) < 4.78 is 1.71. The second kappa shape index (κ2) is 4.02. The monoisotopic (exact) mass is 225 g/mol. The van der Waals surface area contributed by atoms with Crippen LogP contribution in [0, 0.1) is 0 Å². The number of fused-ring (bicyclic) bond motifs is 1. The topological polar surface area (TPSA) is 55.6 Å². The van der Waals surface area contributed by atoms with Crippen molar-refractivity contribution in [2.75, 3.05) is 11.9 Å². The van der Waals surface area contributed by atoms with Crippen LogP contribution in [0.4, 0.5) is 5.82 Å². The summed E-state index contributed by atoms with van der Waals surface area (Å²) in [4.78, 5) is 8.30. The number of hydrogen-bond donors (Lipinski definition) is 1. The fourth-order valence-electron chi connectivity index (χ4n) is 1.34. The van der Waals surface area contributed by atoms with E-state index in [1.165, 1.54) is 6.33 Å². The van der Waals surface area contributed by atoms with Crippen molar-refractivity contribution in [1.82, 2.24) is 19.7 Å². The number of nitrogens with one attached hydrogen (secondary N) is 1. The Labute approximate surface area is 92.5 Å². The summed E-state index contributed by atoms with van der Waals surface area (Å²) >= 11 is 5.86. The molecule has 0 aliphatic heterocycles. The Morgan fingerprint density at radius 1 is 1.53 bits per heavy atom. The zero-order valence-electron chi connectivity index (χ0n) is 8.61. The van der Waals surface area contributed by atoms with Crippen molar-refractivity contribution in [3.63, 3.8) is 0 Å². The van der Waals surface area contributed by atoms with Crippen molar-refractivity contribution in [3.05, 3.63) is 12.5 Å². The molecule has 2 heterocycles. The molecular formula is C9H12ClN5. The maximum absolute atomic E-state index is 5.86. The van der Waals surface area contributed by atoms with Crippen LogP contribution in [0.2, 0.25) is 0 Å². The third-order valence-corrected chi connectivity index (χ3v) is 2.23. The molecule has 1 N–H and O–H groups in total. The van der Waals surface area contributed by atoms with Gasteiger partial charge in [-0.25, -0.2) is 9.97 Å². The van der Waals surface area contributed by atoms with Gasteiger partial charge in [-0.1, -0.05) is 0 Å². The van der Waals surface area contributed by atoms with Gasteiger partial charge in [0, 0.05) is 19.0 Å². The Morgan fingerprint density at radius 2 is 2.33 bits per heavy atom. The molecule has 0 fully saturated rings. The van der Waals surface area contributed by atoms with E-state index in [1.54, 1.807) is 10.9 Å². The molecule has 0 bridgehead atoms. The van der Waals surface area contributed by atoms with Gasteiger partial charge in [0.15, 0.2) is 5.65 Å². The molecule has 0 aliphatic carbocycles. The summed E-state index contributed by atoms with van der Waals surface area (Å²) in [6.45, 7) is 2.60. The molecule has 0 saturated heterocycles. The van der Waals surface area contributed by atoms with Gasteiger partial charge in [-0.3, -0.25) is 4.68 Å². The minimum atomic E-state index is 0.0617. The molecular weight excluding hydrogens is 214 g/mol. The van der Waals surface area contributed by atoms with Crippen LogP contribution in [-0.4, -0.2) is 31.7 Å². The Balaban J connectivity index is 2.34. The SMILES string of the molecule is CC(Cl)CNc1ncnc2c1cnn2C. The number of aromatic nitrogens is 4. The molecule has 0 aliphatic rings. The van der Waals surface area contributed by atoms with Crippen molar-refractivity contribution < 1.29 is 0 Å². The molecule has 15 heavy (non-hydrogen) atoms. The van der Waals surface area contributed by atoms with Gasteiger partial charge in [-0.2, -0.15) is 5.10 Å². The van der Waals surface area contributed by atoms with E-state index in [0.29, 0.717) is 6.54 Å². The summed E-state index contributed by atoms with van der Waals surface area (Å²) in [5.41, 5.74) is 0.815. The van der Waals surface area contributed by atoms with Gasteiger partial charge in [0.05, 0.1) is 11.6 Å². The maximum atomic E-state index is 5.86. The molecule has 5 nitrogen and oxygen atoms in total. The smallest absolute Gasteiger partial charge is 0.163 e. The summed E-state index contributed by atoms with van der Waals surface area (Å²) in [5.74, 6) is 0.778. The molecule has 6 heteroatoms. The fraction of sp³-hybridized carbons (Fsp3) is 0.444. The molecule has 0 saturated carbocycles. The van der Waals surface area contributed by atoms with Crippen LogP contribution in [0.5, 0.6) is 0 Å². The third-order valence-electron chi connectivity index (χ3n) is 2.08. The fourth-order valence-corrected chi connectivity index (χ4v) is 1.42. The third kappa shape index (κ3) is 2.02. The largest absolute Gasteiger partial charge is 0.368 e. The molecule has 0 spiro atoms. The molecule has 0 aromatic carbocycles. The minimum absolute atomic E-state index is 0.0617. The lowest BCUT2D eigenvalue weighted by Crippen LogP contribution is -2.11. The van der Waals surface area contributed by atoms with E-state index < -0.39 is 0 Å². The van der Waals surface area contributed by atoms with E-state index in [4.69, 9.17) is 11.6 Å². The highest BCUT2D eigenvalue weighted by Gasteiger charge is 2.07. The van der Waals surface area contributed by atoms with E-state index >= 15 is 0 Å². The number of aryl methyl sites for hydroxylation is 1. The summed E-state index contributed by atoms with van der Waals surface area (Å²) in [6, 6.07) is 0. The first-order valence-corrected chi connectivity index (χ1v) is 5.13. The summed E-state index contributed by atoms with van der Waals surface area (Å²) in [7, 11) is 1.85. The van der Waals surface area contributed by atoms with Crippen LogP contribution in [-0.2, 0) is 7.05 Å². The van der Waals surface area contributed by atoms with Gasteiger partial charge in [0.1, 0.15) is 12.1 Å². The maximum Gasteiger partial charge on any atom is 0.163 e. The molecule has 80 valence electrons. The summed E-state index contributed by atoms with van der Waals surface area (Å²) in [6.07, 6.45) is 3.27. The van der Waals surface area contributed by atoms with E-state index in [0.717, 1.165) is 16.9 Å². The zero-order valence-corrected chi connectivity index (χ0v) is 9.36. The molecule has 1 unspecified atom stereocenters. The molecule has 0 amide bonds. The van der Waals surface area contributed by atoms with E-state index in [9.17, 15) is 0 Å². The lowest BCUT2D eigenvalue weighted by molar-refractivity contribution is 0.785. The van der Waals surface area contributed by atoms with Crippen molar-refractivity contribution in [2.24, 2.45) is 7.05 Å². The van der Waals surface area contributed by atoms with Crippen LogP contribution in [0.1, 0.15) is 6.92 Å². The van der Waals surface area contributed by atoms with Gasteiger partial charge in [-0.05, 0) is 6.92 Å². The van der Waals surface area contributed by atoms with E-state index in [2.05, 4.69) is 20.4 Å². The Morgan fingerprint density at radius 3 is 3.07 bits per heavy atom. The van der Waals surface area contributed by atoms with Crippen LogP contribution < -0.4 is 5.32 Å². The first-order valence-electron chi connectivity index (χ1n) is 4.69. The van der Waals surface area contributed by atoms with E-state index in [-0.39, 0.29) is 5.38 Å². The minimum Gasteiger partial charge on any atom is -0.368 e. The van der Waals surface area contributed by atoms with Crippen molar-refractivity contribution >= 4 is 28.5 Å². The van der Waals surface area contributed by atoms with Crippen LogP contribution in [0.15, 0.2) is 12.5 Å². The average molecular weight is 226 g/mol. The van der Waals surface area contributed by atoms with Crippen molar-refractivity contribution in [1.29, 1.82) is 0 Å². The standard InChI is InChI=1S/C9H12ClN5/c1-6(10)3-11-8-7-4-14-15(2)9(7)13-5-12-8/h4-6H,3H2,1-2H3,(H,11,12,13). The van der Waals surface area contributed by atoms with Crippen molar-refractivity contribution in [3.8, 4) is 0 Å². The highest BCUT2D eigenvalue weighted by atomic mass is 35.5. The Hall–Kier alpha value is -1.36. The van der Waals surface area contributed by atoms with Crippen LogP contribution in [0.25, 0.3) is 11.0 Å². The van der Waals surface area contributed by atoms with Gasteiger partial charge in [0.2, 0.25) is 0 Å². The van der Waals surface area contributed by atoms with Gasteiger partial charge >= 0.3 is 0 Å². The molecule has 0 radical (unpaired) electrons. The number of hydrogen-bond acceptors (Lipinski definition) is 4. The van der Waals surface area contributed by atoms with E-state index in [1.807, 2.05) is 14.0 Å². The van der Waals surface area contributed by atoms with Crippen LogP contribution in [0.3, 0.4) is 0 Å². The molecule has 2 aromatic heterocycles. The van der Waals surface area contributed by atoms with Gasteiger partial charge in [0.25, 0.3) is 0 Å². The lowest BCUT2D eigenvalue weighted by atomic mass is 10.4. The average Bonchev–Trinajstić information content (AvgIpc) is 2.58. The predicted octanol–water partition coefficient (Wildman–Crippen LogP) is 1.40. The quantitative estimate of drug-likeness (QED) is 0.803. The molecule has 2 rings (SSSR count). The normalized spacial score (nSPS) is 13.0. The predicted molar refractivity (Wildman–Crippen MR) is 60.1 cm³/mol. The highest BCUT2D eigenvalue weighted by Crippen LogP contribution is 2.17. The van der Waals surface area contributed by atoms with Gasteiger partial charge < -0.3 is 5.32 Å². The van der Waals surface area contributed by atoms with Gasteiger partial charge in [-0.15, -0.1) is 11.6 Å². The lowest BCUT2D eigenvalue weighted by Gasteiger charge is -2.06. The van der Waals surface area contributed by atoms with Crippen LogP contribution >= 0.6 is 11.6 Å². The number of anilines is 1. The number of nitrogens with zero attached hydrogens (tertiary/aromatic N) is 4. The molecule has 2 aromatic rings. The highest BCUT2D eigenvalue weighted by molar-refractivity contribution is 6.20. The number of rotatable bonds is 3. The number of halogens is 1. The van der Waals surface area contributed by atoms with Crippen molar-refractivity contribution in [2.45, 2.75) is 12.3 Å². The summed E-state index contributed by atoms with van der Waals surface area (Å²) in [5, 5.41) is 8.26. The second-order valence-electron chi connectivity index (χ2n) is 3.39. The Kier molecular flexibility index (Phi) is 2.73. The number of alkyl halides is 1.